The molecule has 1 saturated carbocycles. The van der Waals surface area contributed by atoms with E-state index in [1.54, 1.807) is 0 Å². The van der Waals surface area contributed by atoms with E-state index in [2.05, 4.69) is 15.9 Å². The quantitative estimate of drug-likeness (QED) is 0.594. The van der Waals surface area contributed by atoms with E-state index in [0.717, 1.165) is 18.2 Å². The molecule has 1 aliphatic rings. The molecule has 0 aromatic carbocycles. The van der Waals surface area contributed by atoms with Gasteiger partial charge in [-0.05, 0) is 25.2 Å². The van der Waals surface area contributed by atoms with Gasteiger partial charge in [0.05, 0.1) is 0 Å². The monoisotopic (exact) mass is 194 g/mol. The summed E-state index contributed by atoms with van der Waals surface area (Å²) in [5.41, 5.74) is -0.793. The molecule has 1 aliphatic carbocycles. The van der Waals surface area contributed by atoms with Crippen molar-refractivity contribution in [1.29, 1.82) is 0 Å². The van der Waals surface area contributed by atoms with Gasteiger partial charge < -0.3 is 0 Å². The summed E-state index contributed by atoms with van der Waals surface area (Å²) in [5.74, 6) is 0.606. The summed E-state index contributed by atoms with van der Waals surface area (Å²) in [6, 6.07) is 0. The van der Waals surface area contributed by atoms with E-state index in [9.17, 15) is 4.39 Å². The van der Waals surface area contributed by atoms with Gasteiger partial charge in [-0.15, -0.1) is 0 Å². The first-order valence-corrected chi connectivity index (χ1v) is 4.57. The SMILES string of the molecule is CCC1(F)CC(CBr)C1. The van der Waals surface area contributed by atoms with E-state index in [4.69, 9.17) is 0 Å². The van der Waals surface area contributed by atoms with Crippen molar-refractivity contribution >= 4 is 15.9 Å². The zero-order valence-electron chi connectivity index (χ0n) is 5.66. The fourth-order valence-corrected chi connectivity index (χ4v) is 1.83. The van der Waals surface area contributed by atoms with E-state index >= 15 is 0 Å². The van der Waals surface area contributed by atoms with Crippen LogP contribution in [0.15, 0.2) is 0 Å². The number of hydrogen-bond acceptors (Lipinski definition) is 0. The van der Waals surface area contributed by atoms with Gasteiger partial charge in [-0.2, -0.15) is 0 Å². The average Bonchev–Trinajstić information content (AvgIpc) is 1.81. The zero-order chi connectivity index (χ0) is 6.91. The van der Waals surface area contributed by atoms with Gasteiger partial charge in [0.2, 0.25) is 0 Å². The van der Waals surface area contributed by atoms with Gasteiger partial charge in [-0.25, -0.2) is 4.39 Å². The Balaban J connectivity index is 2.24. The maximum Gasteiger partial charge on any atom is 0.111 e. The Morgan fingerprint density at radius 3 is 2.56 bits per heavy atom. The first-order chi connectivity index (χ1) is 4.20. The van der Waals surface area contributed by atoms with Gasteiger partial charge in [0.15, 0.2) is 0 Å². The molecule has 9 heavy (non-hydrogen) atoms. The second-order valence-corrected chi connectivity index (χ2v) is 3.58. The summed E-state index contributed by atoms with van der Waals surface area (Å²) in [6.07, 6.45) is 2.24. The van der Waals surface area contributed by atoms with Crippen LogP contribution in [-0.4, -0.2) is 11.0 Å². The summed E-state index contributed by atoms with van der Waals surface area (Å²) in [6.45, 7) is 1.92. The van der Waals surface area contributed by atoms with Crippen molar-refractivity contribution in [3.05, 3.63) is 0 Å². The molecule has 0 aromatic heterocycles. The molecule has 1 rings (SSSR count). The lowest BCUT2D eigenvalue weighted by molar-refractivity contribution is 0.0148. The number of halogens is 2. The summed E-state index contributed by atoms with van der Waals surface area (Å²) in [7, 11) is 0. The van der Waals surface area contributed by atoms with E-state index in [-0.39, 0.29) is 0 Å². The highest BCUT2D eigenvalue weighted by molar-refractivity contribution is 9.09. The zero-order valence-corrected chi connectivity index (χ0v) is 7.25. The van der Waals surface area contributed by atoms with E-state index in [1.807, 2.05) is 6.92 Å². The molecule has 54 valence electrons. The standard InChI is InChI=1S/C7H12BrF/c1-2-7(9)3-6(4-7)5-8/h6H,2-5H2,1H3. The molecule has 2 heteroatoms. The normalized spacial score (nSPS) is 42.3. The molecule has 0 aliphatic heterocycles. The molecule has 0 aromatic rings. The van der Waals surface area contributed by atoms with Crippen LogP contribution >= 0.6 is 15.9 Å². The predicted molar refractivity (Wildman–Crippen MR) is 40.6 cm³/mol. The first-order valence-electron chi connectivity index (χ1n) is 3.45. The maximum atomic E-state index is 13.1. The Morgan fingerprint density at radius 1 is 1.67 bits per heavy atom. The van der Waals surface area contributed by atoms with E-state index < -0.39 is 5.67 Å². The molecule has 0 nitrogen and oxygen atoms in total. The molecule has 0 saturated heterocycles. The minimum Gasteiger partial charge on any atom is -0.244 e. The lowest BCUT2D eigenvalue weighted by Gasteiger charge is -2.39. The number of hydrogen-bond donors (Lipinski definition) is 0. The lowest BCUT2D eigenvalue weighted by atomic mass is 9.72. The lowest BCUT2D eigenvalue weighted by Crippen LogP contribution is -2.39. The van der Waals surface area contributed by atoms with Gasteiger partial charge in [0.1, 0.15) is 5.67 Å². The molecule has 0 radical (unpaired) electrons. The van der Waals surface area contributed by atoms with Gasteiger partial charge in [-0.3, -0.25) is 0 Å². The Kier molecular flexibility index (Phi) is 2.14. The van der Waals surface area contributed by atoms with Crippen LogP contribution in [0.3, 0.4) is 0 Å². The third kappa shape index (κ3) is 1.46. The molecule has 0 bridgehead atoms. The van der Waals surface area contributed by atoms with Crippen LogP contribution in [0.25, 0.3) is 0 Å². The Morgan fingerprint density at radius 2 is 2.22 bits per heavy atom. The largest absolute Gasteiger partial charge is 0.244 e. The van der Waals surface area contributed by atoms with E-state index in [0.29, 0.717) is 12.3 Å². The summed E-state index contributed by atoms with van der Waals surface area (Å²) in [5, 5.41) is 0.971. The van der Waals surface area contributed by atoms with Crippen molar-refractivity contribution in [2.45, 2.75) is 31.9 Å². The Hall–Kier alpha value is 0.410. The summed E-state index contributed by atoms with van der Waals surface area (Å²) < 4.78 is 13.1. The highest BCUT2D eigenvalue weighted by Crippen LogP contribution is 2.44. The molecule has 0 unspecified atom stereocenters. The third-order valence-corrected chi connectivity index (χ3v) is 3.08. The second-order valence-electron chi connectivity index (χ2n) is 2.93. The van der Waals surface area contributed by atoms with Crippen LogP contribution in [0.5, 0.6) is 0 Å². The number of alkyl halides is 2. The molecular formula is C7H12BrF. The third-order valence-electron chi connectivity index (χ3n) is 2.16. The minimum absolute atomic E-state index is 0.606. The molecule has 1 fully saturated rings. The van der Waals surface area contributed by atoms with Gasteiger partial charge >= 0.3 is 0 Å². The highest BCUT2D eigenvalue weighted by Gasteiger charge is 2.42. The first kappa shape index (κ1) is 7.52. The second kappa shape index (κ2) is 2.57. The van der Waals surface area contributed by atoms with E-state index in [1.165, 1.54) is 0 Å². The van der Waals surface area contributed by atoms with Crippen molar-refractivity contribution in [1.82, 2.24) is 0 Å². The van der Waals surface area contributed by atoms with Crippen LogP contribution in [0.1, 0.15) is 26.2 Å². The van der Waals surface area contributed by atoms with Crippen LogP contribution in [-0.2, 0) is 0 Å². The highest BCUT2D eigenvalue weighted by atomic mass is 79.9. The van der Waals surface area contributed by atoms with Crippen molar-refractivity contribution in [2.75, 3.05) is 5.33 Å². The molecule has 0 heterocycles. The fourth-order valence-electron chi connectivity index (χ4n) is 1.37. The molecule has 0 atom stereocenters. The molecule has 0 spiro atoms. The van der Waals surface area contributed by atoms with Gasteiger partial charge in [0, 0.05) is 5.33 Å². The smallest absolute Gasteiger partial charge is 0.111 e. The minimum atomic E-state index is -0.793. The van der Waals surface area contributed by atoms with Gasteiger partial charge in [0.25, 0.3) is 0 Å². The maximum absolute atomic E-state index is 13.1. The van der Waals surface area contributed by atoms with Crippen molar-refractivity contribution in [3.63, 3.8) is 0 Å². The van der Waals surface area contributed by atoms with Crippen molar-refractivity contribution < 1.29 is 4.39 Å². The van der Waals surface area contributed by atoms with Gasteiger partial charge in [-0.1, -0.05) is 22.9 Å². The van der Waals surface area contributed by atoms with Crippen molar-refractivity contribution in [2.24, 2.45) is 5.92 Å². The molecular weight excluding hydrogens is 183 g/mol. The Bertz CT molecular complexity index is 97.1. The Labute approximate surface area is 64.0 Å². The van der Waals surface area contributed by atoms with Crippen LogP contribution in [0, 0.1) is 5.92 Å². The van der Waals surface area contributed by atoms with Crippen molar-refractivity contribution in [3.8, 4) is 0 Å². The summed E-state index contributed by atoms with van der Waals surface area (Å²) in [4.78, 5) is 0. The number of rotatable bonds is 2. The fraction of sp³-hybridized carbons (Fsp3) is 1.00. The average molecular weight is 195 g/mol. The molecule has 0 N–H and O–H groups in total. The predicted octanol–water partition coefficient (Wildman–Crippen LogP) is 2.91. The topological polar surface area (TPSA) is 0 Å². The van der Waals surface area contributed by atoms with Crippen LogP contribution in [0.4, 0.5) is 4.39 Å². The molecule has 0 amide bonds. The van der Waals surface area contributed by atoms with Crippen LogP contribution < -0.4 is 0 Å². The summed E-state index contributed by atoms with van der Waals surface area (Å²) >= 11 is 3.34. The van der Waals surface area contributed by atoms with Crippen LogP contribution in [0.2, 0.25) is 0 Å².